The molecular formula is C16H17FO4. The van der Waals surface area contributed by atoms with E-state index < -0.39 is 11.9 Å². The molecule has 112 valence electrons. The maximum Gasteiger partial charge on any atom is 0.169 e. The van der Waals surface area contributed by atoms with Gasteiger partial charge in [-0.2, -0.15) is 0 Å². The largest absolute Gasteiger partial charge is 0.493 e. The van der Waals surface area contributed by atoms with E-state index in [4.69, 9.17) is 14.6 Å². The minimum Gasteiger partial charge on any atom is -0.493 e. The van der Waals surface area contributed by atoms with Crippen LogP contribution in [0.4, 0.5) is 4.39 Å². The third-order valence-corrected chi connectivity index (χ3v) is 3.05. The minimum absolute atomic E-state index is 0.105. The maximum absolute atomic E-state index is 13.3. The number of aliphatic hydroxyl groups is 2. The molecule has 2 aromatic rings. The molecule has 5 heteroatoms. The summed E-state index contributed by atoms with van der Waals surface area (Å²) in [6.45, 7) is 1.43. The van der Waals surface area contributed by atoms with Crippen LogP contribution in [0.3, 0.4) is 0 Å². The summed E-state index contributed by atoms with van der Waals surface area (Å²) in [5, 5.41) is 18.8. The third kappa shape index (κ3) is 3.51. The Morgan fingerprint density at radius 1 is 1.10 bits per heavy atom. The first-order valence-corrected chi connectivity index (χ1v) is 6.48. The first-order valence-electron chi connectivity index (χ1n) is 6.48. The van der Waals surface area contributed by atoms with Gasteiger partial charge < -0.3 is 19.7 Å². The van der Waals surface area contributed by atoms with E-state index >= 15 is 0 Å². The fourth-order valence-electron chi connectivity index (χ4n) is 1.95. The van der Waals surface area contributed by atoms with Crippen molar-refractivity contribution in [2.45, 2.75) is 19.6 Å². The van der Waals surface area contributed by atoms with Crippen molar-refractivity contribution in [2.24, 2.45) is 0 Å². The predicted octanol–water partition coefficient (Wildman–Crippen LogP) is 3.17. The summed E-state index contributed by atoms with van der Waals surface area (Å²) in [7, 11) is 1.49. The van der Waals surface area contributed by atoms with E-state index in [0.29, 0.717) is 28.4 Å². The average molecular weight is 292 g/mol. The van der Waals surface area contributed by atoms with Crippen molar-refractivity contribution in [3.8, 4) is 17.2 Å². The second kappa shape index (κ2) is 6.56. The van der Waals surface area contributed by atoms with Crippen LogP contribution in [0.15, 0.2) is 36.4 Å². The predicted molar refractivity (Wildman–Crippen MR) is 76.0 cm³/mol. The summed E-state index contributed by atoms with van der Waals surface area (Å²) in [5.41, 5.74) is 1.04. The molecule has 0 aliphatic rings. The molecule has 0 radical (unpaired) electrons. The van der Waals surface area contributed by atoms with Gasteiger partial charge in [0.1, 0.15) is 11.6 Å². The first kappa shape index (κ1) is 15.3. The molecule has 21 heavy (non-hydrogen) atoms. The fraction of sp³-hybridized carbons (Fsp3) is 0.250. The van der Waals surface area contributed by atoms with Crippen LogP contribution in [0.1, 0.15) is 24.2 Å². The first-order chi connectivity index (χ1) is 10.0. The summed E-state index contributed by atoms with van der Waals surface area (Å²) in [5.74, 6) is 0.771. The van der Waals surface area contributed by atoms with E-state index in [1.165, 1.54) is 32.2 Å². The summed E-state index contributed by atoms with van der Waals surface area (Å²) >= 11 is 0. The standard InChI is InChI=1S/C16H17FO4/c1-10(19)13-8-12(17)4-6-14(13)21-15-5-3-11(9-18)7-16(15)20-2/h3-8,10,18-19H,9H2,1-2H3/t10-/m1/s1. The zero-order valence-electron chi connectivity index (χ0n) is 11.8. The Morgan fingerprint density at radius 3 is 2.43 bits per heavy atom. The van der Waals surface area contributed by atoms with Gasteiger partial charge in [0.15, 0.2) is 11.5 Å². The number of hydrogen-bond acceptors (Lipinski definition) is 4. The number of aliphatic hydroxyl groups excluding tert-OH is 2. The van der Waals surface area contributed by atoms with Gasteiger partial charge in [0, 0.05) is 5.56 Å². The molecule has 2 N–H and O–H groups in total. The van der Waals surface area contributed by atoms with E-state index in [1.807, 2.05) is 0 Å². The van der Waals surface area contributed by atoms with Crippen molar-refractivity contribution in [1.29, 1.82) is 0 Å². The summed E-state index contributed by atoms with van der Waals surface area (Å²) in [4.78, 5) is 0. The fourth-order valence-corrected chi connectivity index (χ4v) is 1.95. The second-order valence-corrected chi connectivity index (χ2v) is 4.60. The zero-order valence-corrected chi connectivity index (χ0v) is 11.8. The summed E-state index contributed by atoms with van der Waals surface area (Å²) in [6.07, 6.45) is -0.863. The topological polar surface area (TPSA) is 58.9 Å². The van der Waals surface area contributed by atoms with Gasteiger partial charge >= 0.3 is 0 Å². The number of hydrogen-bond donors (Lipinski definition) is 2. The average Bonchev–Trinajstić information content (AvgIpc) is 2.49. The van der Waals surface area contributed by atoms with Crippen molar-refractivity contribution in [3.63, 3.8) is 0 Å². The lowest BCUT2D eigenvalue weighted by Crippen LogP contribution is -1.99. The molecule has 2 aromatic carbocycles. The van der Waals surface area contributed by atoms with Crippen LogP contribution in [0.5, 0.6) is 17.2 Å². The van der Waals surface area contributed by atoms with Gasteiger partial charge in [0.2, 0.25) is 0 Å². The lowest BCUT2D eigenvalue weighted by Gasteiger charge is -2.15. The van der Waals surface area contributed by atoms with Gasteiger partial charge in [-0.25, -0.2) is 4.39 Å². The molecule has 2 rings (SSSR count). The van der Waals surface area contributed by atoms with Crippen molar-refractivity contribution in [1.82, 2.24) is 0 Å². The normalized spacial score (nSPS) is 12.0. The van der Waals surface area contributed by atoms with Crippen LogP contribution in [0.2, 0.25) is 0 Å². The van der Waals surface area contributed by atoms with Gasteiger partial charge in [-0.1, -0.05) is 6.07 Å². The highest BCUT2D eigenvalue weighted by atomic mass is 19.1. The Morgan fingerprint density at radius 2 is 1.81 bits per heavy atom. The molecule has 0 unspecified atom stereocenters. The Bertz CT molecular complexity index is 626. The SMILES string of the molecule is COc1cc(CO)ccc1Oc1ccc(F)cc1[C@@H](C)O. The van der Waals surface area contributed by atoms with Crippen LogP contribution in [0.25, 0.3) is 0 Å². The Kier molecular flexibility index (Phi) is 4.77. The Balaban J connectivity index is 2.38. The highest BCUT2D eigenvalue weighted by molar-refractivity contribution is 5.47. The monoisotopic (exact) mass is 292 g/mol. The van der Waals surface area contributed by atoms with E-state index in [2.05, 4.69) is 0 Å². The quantitative estimate of drug-likeness (QED) is 0.888. The van der Waals surface area contributed by atoms with E-state index in [9.17, 15) is 9.50 Å². The van der Waals surface area contributed by atoms with Crippen LogP contribution >= 0.6 is 0 Å². The molecule has 1 atom stereocenters. The van der Waals surface area contributed by atoms with Gasteiger partial charge in [-0.3, -0.25) is 0 Å². The van der Waals surface area contributed by atoms with Crippen molar-refractivity contribution in [3.05, 3.63) is 53.3 Å². The van der Waals surface area contributed by atoms with Crippen LogP contribution < -0.4 is 9.47 Å². The molecule has 4 nitrogen and oxygen atoms in total. The van der Waals surface area contributed by atoms with Crippen LogP contribution in [-0.4, -0.2) is 17.3 Å². The molecule has 0 fully saturated rings. The number of methoxy groups -OCH3 is 1. The number of benzene rings is 2. The summed E-state index contributed by atoms with van der Waals surface area (Å²) < 4.78 is 24.2. The smallest absolute Gasteiger partial charge is 0.169 e. The molecule has 0 spiro atoms. The lowest BCUT2D eigenvalue weighted by molar-refractivity contribution is 0.195. The second-order valence-electron chi connectivity index (χ2n) is 4.60. The van der Waals surface area contributed by atoms with Crippen LogP contribution in [0, 0.1) is 5.82 Å². The van der Waals surface area contributed by atoms with E-state index in [0.717, 1.165) is 0 Å². The molecule has 0 aliphatic carbocycles. The third-order valence-electron chi connectivity index (χ3n) is 3.05. The molecular weight excluding hydrogens is 275 g/mol. The number of ether oxygens (including phenoxy) is 2. The maximum atomic E-state index is 13.3. The minimum atomic E-state index is -0.863. The Hall–Kier alpha value is -2.11. The number of halogens is 1. The molecule has 0 amide bonds. The molecule has 0 bridgehead atoms. The molecule has 0 heterocycles. The van der Waals surface area contributed by atoms with Gasteiger partial charge in [-0.05, 0) is 42.8 Å². The number of rotatable bonds is 5. The van der Waals surface area contributed by atoms with Gasteiger partial charge in [0.05, 0.1) is 19.8 Å². The highest BCUT2D eigenvalue weighted by Gasteiger charge is 2.14. The van der Waals surface area contributed by atoms with Crippen molar-refractivity contribution >= 4 is 0 Å². The summed E-state index contributed by atoms with van der Waals surface area (Å²) in [6, 6.07) is 8.95. The lowest BCUT2D eigenvalue weighted by atomic mass is 10.1. The Labute approximate surface area is 122 Å². The molecule has 0 aromatic heterocycles. The van der Waals surface area contributed by atoms with Crippen molar-refractivity contribution < 1.29 is 24.1 Å². The van der Waals surface area contributed by atoms with Crippen LogP contribution in [-0.2, 0) is 6.61 Å². The van der Waals surface area contributed by atoms with Gasteiger partial charge in [0.25, 0.3) is 0 Å². The van der Waals surface area contributed by atoms with Gasteiger partial charge in [-0.15, -0.1) is 0 Å². The molecule has 0 saturated heterocycles. The molecule has 0 saturated carbocycles. The zero-order chi connectivity index (χ0) is 15.4. The van der Waals surface area contributed by atoms with E-state index in [1.54, 1.807) is 18.2 Å². The van der Waals surface area contributed by atoms with E-state index in [-0.39, 0.29) is 6.61 Å². The highest BCUT2D eigenvalue weighted by Crippen LogP contribution is 2.35. The molecule has 0 aliphatic heterocycles. The van der Waals surface area contributed by atoms with Crippen molar-refractivity contribution in [2.75, 3.05) is 7.11 Å².